The zero-order valence-electron chi connectivity index (χ0n) is 37.9. The number of hydrogen-bond acceptors (Lipinski definition) is 2. The molecule has 314 valence electrons. The molecule has 4 nitrogen and oxygen atoms in total. The SMILES string of the molecule is CC(C)c1cccc(C(C)C)c1-n1ccnc1-c1cccc([Si](c2ccccc2)(c2ccccc2)c2cccc(-c3nc4ccccc4n3-c3c(C(C)C)cccc3C(C)C)c2)c1. The van der Waals surface area contributed by atoms with Gasteiger partial charge in [0.25, 0.3) is 0 Å². The Bertz CT molecular complexity index is 2930. The molecule has 0 aliphatic heterocycles. The van der Waals surface area contributed by atoms with Crippen LogP contribution in [0.1, 0.15) is 101 Å². The van der Waals surface area contributed by atoms with E-state index < -0.39 is 8.07 Å². The summed E-state index contributed by atoms with van der Waals surface area (Å²) in [5.41, 5.74) is 12.1. The van der Waals surface area contributed by atoms with E-state index in [0.717, 1.165) is 33.8 Å². The molecule has 2 heterocycles. The van der Waals surface area contributed by atoms with E-state index in [0.29, 0.717) is 23.7 Å². The fourth-order valence-corrected chi connectivity index (χ4v) is 14.7. The predicted octanol–water partition coefficient (Wildman–Crippen LogP) is 12.4. The Hall–Kier alpha value is -6.56. The lowest BCUT2D eigenvalue weighted by Gasteiger charge is -2.35. The van der Waals surface area contributed by atoms with Gasteiger partial charge in [0.15, 0.2) is 8.07 Å². The third-order valence-corrected chi connectivity index (χ3v) is 17.6. The highest BCUT2D eigenvalue weighted by Crippen LogP contribution is 2.38. The van der Waals surface area contributed by atoms with Gasteiger partial charge >= 0.3 is 0 Å². The van der Waals surface area contributed by atoms with E-state index in [1.807, 2.05) is 6.20 Å². The average Bonchev–Trinajstić information content (AvgIpc) is 3.95. The zero-order chi connectivity index (χ0) is 43.8. The lowest BCUT2D eigenvalue weighted by Crippen LogP contribution is -2.74. The van der Waals surface area contributed by atoms with Gasteiger partial charge in [-0.3, -0.25) is 9.13 Å². The summed E-state index contributed by atoms with van der Waals surface area (Å²) in [5.74, 6) is 3.27. The van der Waals surface area contributed by atoms with Crippen molar-refractivity contribution in [3.63, 3.8) is 0 Å². The number of imidazole rings is 2. The molecule has 9 rings (SSSR count). The molecule has 0 aliphatic carbocycles. The Morgan fingerprint density at radius 1 is 0.413 bits per heavy atom. The van der Waals surface area contributed by atoms with E-state index in [1.54, 1.807) is 0 Å². The second-order valence-electron chi connectivity index (χ2n) is 18.2. The Balaban J connectivity index is 1.32. The zero-order valence-corrected chi connectivity index (χ0v) is 38.9. The first-order valence-corrected chi connectivity index (χ1v) is 24.7. The van der Waals surface area contributed by atoms with E-state index in [-0.39, 0.29) is 0 Å². The molecule has 9 aromatic rings. The first-order valence-electron chi connectivity index (χ1n) is 22.7. The summed E-state index contributed by atoms with van der Waals surface area (Å²) < 4.78 is 4.79. The lowest BCUT2D eigenvalue weighted by molar-refractivity contribution is 0.807. The molecule has 0 bridgehead atoms. The summed E-state index contributed by atoms with van der Waals surface area (Å²) in [6.45, 7) is 18.4. The maximum atomic E-state index is 5.49. The number of fused-ring (bicyclic) bond motifs is 1. The summed E-state index contributed by atoms with van der Waals surface area (Å²) in [6, 6.07) is 63.3. The van der Waals surface area contributed by atoms with E-state index in [2.05, 4.69) is 241 Å². The molecular weight excluding hydrogens is 781 g/mol. The maximum Gasteiger partial charge on any atom is 0.179 e. The van der Waals surface area contributed by atoms with Gasteiger partial charge in [-0.05, 0) is 78.8 Å². The molecule has 63 heavy (non-hydrogen) atoms. The van der Waals surface area contributed by atoms with Crippen molar-refractivity contribution >= 4 is 39.9 Å². The predicted molar refractivity (Wildman–Crippen MR) is 269 cm³/mol. The smallest absolute Gasteiger partial charge is 0.179 e. The molecule has 0 aliphatic rings. The molecule has 0 amide bonds. The molecule has 0 unspecified atom stereocenters. The third kappa shape index (κ3) is 7.38. The minimum atomic E-state index is -3.03. The molecule has 0 radical (unpaired) electrons. The highest BCUT2D eigenvalue weighted by Gasteiger charge is 2.42. The van der Waals surface area contributed by atoms with Crippen LogP contribution in [0.4, 0.5) is 0 Å². The van der Waals surface area contributed by atoms with Crippen molar-refractivity contribution in [1.29, 1.82) is 0 Å². The van der Waals surface area contributed by atoms with Gasteiger partial charge in [-0.1, -0.05) is 213 Å². The molecule has 5 heteroatoms. The van der Waals surface area contributed by atoms with Crippen molar-refractivity contribution in [2.45, 2.75) is 79.1 Å². The standard InChI is InChI=1S/C58H58N4Si/c1-39(2)49-29-19-30-50(40(3)4)55(49)61-36-35-59-57(61)43-21-17-27-47(37-43)63(45-23-11-9-12-24-45,46-25-13-10-14-26-46)48-28-18-22-44(38-48)58-60-53-33-15-16-34-54(53)62(58)56-51(41(5)6)31-20-32-52(56)42(7)8/h9-42H,1-8H3. The van der Waals surface area contributed by atoms with Crippen LogP contribution in [-0.4, -0.2) is 27.2 Å². The van der Waals surface area contributed by atoms with E-state index in [1.165, 1.54) is 54.4 Å². The molecule has 2 aromatic heterocycles. The minimum Gasteiger partial charge on any atom is -0.299 e. The van der Waals surface area contributed by atoms with Gasteiger partial charge in [-0.2, -0.15) is 0 Å². The summed E-state index contributed by atoms with van der Waals surface area (Å²) >= 11 is 0. The average molecular weight is 839 g/mol. The first-order chi connectivity index (χ1) is 30.6. The van der Waals surface area contributed by atoms with Gasteiger partial charge in [-0.15, -0.1) is 0 Å². The van der Waals surface area contributed by atoms with Crippen LogP contribution in [0.25, 0.3) is 45.2 Å². The van der Waals surface area contributed by atoms with Gasteiger partial charge in [0.2, 0.25) is 0 Å². The molecule has 0 spiro atoms. The highest BCUT2D eigenvalue weighted by atomic mass is 28.3. The number of hydrogen-bond donors (Lipinski definition) is 0. The molecule has 0 N–H and O–H groups in total. The van der Waals surface area contributed by atoms with Crippen molar-refractivity contribution < 1.29 is 0 Å². The highest BCUT2D eigenvalue weighted by molar-refractivity contribution is 7.20. The number of rotatable bonds is 12. The van der Waals surface area contributed by atoms with Crippen molar-refractivity contribution in [3.05, 3.63) is 205 Å². The third-order valence-electron chi connectivity index (χ3n) is 12.9. The molecule has 0 atom stereocenters. The lowest BCUT2D eigenvalue weighted by atomic mass is 9.92. The fourth-order valence-electron chi connectivity index (χ4n) is 9.86. The van der Waals surface area contributed by atoms with Gasteiger partial charge < -0.3 is 0 Å². The van der Waals surface area contributed by atoms with Crippen molar-refractivity contribution in [2.24, 2.45) is 0 Å². The van der Waals surface area contributed by atoms with E-state index in [4.69, 9.17) is 9.97 Å². The Kier molecular flexibility index (Phi) is 11.5. The Labute approximate surface area is 375 Å². The normalized spacial score (nSPS) is 12.1. The van der Waals surface area contributed by atoms with Crippen molar-refractivity contribution in [3.8, 4) is 34.2 Å². The minimum absolute atomic E-state index is 0.328. The maximum absolute atomic E-state index is 5.49. The first kappa shape index (κ1) is 41.8. The Morgan fingerprint density at radius 3 is 1.35 bits per heavy atom. The number of aromatic nitrogens is 4. The van der Waals surface area contributed by atoms with Crippen LogP contribution in [0.5, 0.6) is 0 Å². The van der Waals surface area contributed by atoms with Crippen LogP contribution in [0.3, 0.4) is 0 Å². The quantitative estimate of drug-likeness (QED) is 0.0907. The van der Waals surface area contributed by atoms with Crippen LogP contribution in [0.15, 0.2) is 182 Å². The summed E-state index contributed by atoms with van der Waals surface area (Å²) in [7, 11) is -3.03. The number of benzene rings is 7. The Morgan fingerprint density at radius 2 is 0.841 bits per heavy atom. The van der Waals surface area contributed by atoms with Crippen LogP contribution in [0, 0.1) is 0 Å². The van der Waals surface area contributed by atoms with E-state index in [9.17, 15) is 0 Å². The summed E-state index contributed by atoms with van der Waals surface area (Å²) in [6.07, 6.45) is 4.10. The number of nitrogens with zero attached hydrogens (tertiary/aromatic N) is 4. The molecule has 7 aromatic carbocycles. The van der Waals surface area contributed by atoms with Crippen LogP contribution >= 0.6 is 0 Å². The number of para-hydroxylation sites is 4. The second kappa shape index (κ2) is 17.3. The summed E-state index contributed by atoms with van der Waals surface area (Å²) in [4.78, 5) is 10.6. The molecule has 0 saturated carbocycles. The molecular formula is C58H58N4Si. The van der Waals surface area contributed by atoms with Gasteiger partial charge in [0.05, 0.1) is 22.4 Å². The summed E-state index contributed by atoms with van der Waals surface area (Å²) in [5, 5.41) is 5.24. The van der Waals surface area contributed by atoms with Crippen molar-refractivity contribution in [2.75, 3.05) is 0 Å². The van der Waals surface area contributed by atoms with Gasteiger partial charge in [-0.25, -0.2) is 9.97 Å². The largest absolute Gasteiger partial charge is 0.299 e. The fraction of sp³-hybridized carbons (Fsp3) is 0.207. The van der Waals surface area contributed by atoms with Gasteiger partial charge in [0, 0.05) is 23.5 Å². The molecule has 0 fully saturated rings. The van der Waals surface area contributed by atoms with Crippen LogP contribution in [-0.2, 0) is 0 Å². The van der Waals surface area contributed by atoms with Crippen LogP contribution in [0.2, 0.25) is 0 Å². The van der Waals surface area contributed by atoms with Gasteiger partial charge in [0.1, 0.15) is 11.6 Å². The topological polar surface area (TPSA) is 35.6 Å². The molecule has 0 saturated heterocycles. The van der Waals surface area contributed by atoms with Crippen molar-refractivity contribution in [1.82, 2.24) is 19.1 Å². The second-order valence-corrected chi connectivity index (χ2v) is 22.0. The van der Waals surface area contributed by atoms with Crippen LogP contribution < -0.4 is 20.7 Å². The van der Waals surface area contributed by atoms with E-state index >= 15 is 0 Å². The monoisotopic (exact) mass is 838 g/mol.